The van der Waals surface area contributed by atoms with Crippen molar-refractivity contribution in [3.8, 4) is 0 Å². The molecule has 0 aromatic rings. The summed E-state index contributed by atoms with van der Waals surface area (Å²) in [7, 11) is 0. The smallest absolute Gasteiger partial charge is 0.191 e. The first kappa shape index (κ1) is 15.0. The quantitative estimate of drug-likeness (QED) is 0.460. The molecule has 1 atom stereocenters. The lowest BCUT2D eigenvalue weighted by molar-refractivity contribution is 0.163. The minimum Gasteiger partial charge on any atom is -0.381 e. The lowest BCUT2D eigenvalue weighted by Crippen LogP contribution is -2.39. The van der Waals surface area contributed by atoms with Crippen molar-refractivity contribution in [3.05, 3.63) is 0 Å². The third-order valence-corrected chi connectivity index (χ3v) is 3.18. The fraction of sp³-hybridized carbons (Fsp3) is 0.917. The van der Waals surface area contributed by atoms with Crippen molar-refractivity contribution in [2.45, 2.75) is 39.2 Å². The molecule has 2 N–H and O–H groups in total. The molecule has 0 bridgehead atoms. The van der Waals surface area contributed by atoms with E-state index in [-0.39, 0.29) is 29.4 Å². The lowest BCUT2D eigenvalue weighted by Gasteiger charge is -2.20. The summed E-state index contributed by atoms with van der Waals surface area (Å²) in [6, 6.07) is 0.658. The van der Waals surface area contributed by atoms with Gasteiger partial charge in [-0.05, 0) is 26.2 Å². The summed E-state index contributed by atoms with van der Waals surface area (Å²) < 4.78 is 5.44. The van der Waals surface area contributed by atoms with E-state index in [2.05, 4.69) is 29.5 Å². The minimum absolute atomic E-state index is 0. The molecule has 0 radical (unpaired) electrons. The van der Waals surface area contributed by atoms with E-state index in [1.54, 1.807) is 0 Å². The molecule has 1 unspecified atom stereocenters. The Morgan fingerprint density at radius 3 is 2.76 bits per heavy atom. The van der Waals surface area contributed by atoms with Crippen LogP contribution in [0.1, 0.15) is 33.1 Å². The number of guanidine groups is 1. The Hall–Kier alpha value is -0.0400. The summed E-state index contributed by atoms with van der Waals surface area (Å²) in [6.07, 6.45) is 3.69. The number of ether oxygens (including phenoxy) is 1. The normalized spacial score (nSPS) is 28.7. The predicted molar refractivity (Wildman–Crippen MR) is 81.1 cm³/mol. The highest BCUT2D eigenvalue weighted by molar-refractivity contribution is 14.0. The average molecular weight is 353 g/mol. The Morgan fingerprint density at radius 1 is 1.47 bits per heavy atom. The Kier molecular flexibility index (Phi) is 5.99. The Bertz CT molecular complexity index is 260. The zero-order valence-corrected chi connectivity index (χ0v) is 13.1. The lowest BCUT2D eigenvalue weighted by atomic mass is 9.90. The van der Waals surface area contributed by atoms with Crippen LogP contribution in [-0.4, -0.2) is 38.3 Å². The number of nitrogens with zero attached hydrogens (tertiary/aromatic N) is 1. The Balaban J connectivity index is 0.00000144. The monoisotopic (exact) mass is 353 g/mol. The van der Waals surface area contributed by atoms with E-state index in [1.165, 1.54) is 12.8 Å². The van der Waals surface area contributed by atoms with Gasteiger partial charge >= 0.3 is 0 Å². The molecule has 17 heavy (non-hydrogen) atoms. The second kappa shape index (κ2) is 6.78. The van der Waals surface area contributed by atoms with Gasteiger partial charge in [0.2, 0.25) is 0 Å². The zero-order valence-electron chi connectivity index (χ0n) is 10.8. The highest BCUT2D eigenvalue weighted by atomic mass is 127. The molecule has 5 heteroatoms. The third-order valence-electron chi connectivity index (χ3n) is 3.18. The van der Waals surface area contributed by atoms with Gasteiger partial charge in [-0.15, -0.1) is 24.0 Å². The number of hydrogen-bond donors (Lipinski definition) is 2. The first-order valence-corrected chi connectivity index (χ1v) is 6.34. The molecule has 1 saturated carbocycles. The van der Waals surface area contributed by atoms with Crippen molar-refractivity contribution in [1.82, 2.24) is 10.6 Å². The highest BCUT2D eigenvalue weighted by Crippen LogP contribution is 2.27. The van der Waals surface area contributed by atoms with Crippen LogP contribution in [0.25, 0.3) is 0 Å². The number of aliphatic imine (C=N–C) groups is 1. The second-order valence-corrected chi connectivity index (χ2v) is 5.23. The van der Waals surface area contributed by atoms with E-state index < -0.39 is 0 Å². The summed E-state index contributed by atoms with van der Waals surface area (Å²) in [5.41, 5.74) is 0.242. The molecule has 2 aliphatic rings. The maximum Gasteiger partial charge on any atom is 0.191 e. The van der Waals surface area contributed by atoms with E-state index >= 15 is 0 Å². The van der Waals surface area contributed by atoms with Crippen molar-refractivity contribution in [2.24, 2.45) is 10.4 Å². The van der Waals surface area contributed by atoms with Crippen LogP contribution in [0.3, 0.4) is 0 Å². The van der Waals surface area contributed by atoms with Crippen molar-refractivity contribution in [3.63, 3.8) is 0 Å². The van der Waals surface area contributed by atoms with E-state index in [4.69, 9.17) is 4.74 Å². The maximum absolute atomic E-state index is 5.44. The van der Waals surface area contributed by atoms with Gasteiger partial charge in [-0.2, -0.15) is 0 Å². The largest absolute Gasteiger partial charge is 0.381 e. The number of nitrogens with one attached hydrogen (secondary N) is 2. The molecule has 2 fully saturated rings. The van der Waals surface area contributed by atoms with Gasteiger partial charge in [0.25, 0.3) is 0 Å². The van der Waals surface area contributed by atoms with E-state index in [9.17, 15) is 0 Å². The van der Waals surface area contributed by atoms with E-state index in [0.717, 1.165) is 38.7 Å². The molecule has 0 aromatic carbocycles. The second-order valence-electron chi connectivity index (χ2n) is 5.23. The zero-order chi connectivity index (χ0) is 11.4. The number of halogens is 1. The standard InChI is InChI=1S/C12H23N3O.HI/c1-3-13-11(15-10-4-5-10)14-8-12(2)6-7-16-9-12;/h10H,3-9H2,1-2H3,(H2,13,14,15);1H. The fourth-order valence-corrected chi connectivity index (χ4v) is 1.84. The number of rotatable bonds is 4. The Labute approximate surface area is 121 Å². The molecule has 0 amide bonds. The first-order chi connectivity index (χ1) is 7.72. The highest BCUT2D eigenvalue weighted by Gasteiger charge is 2.30. The summed E-state index contributed by atoms with van der Waals surface area (Å²) in [4.78, 5) is 4.66. The van der Waals surface area contributed by atoms with Gasteiger partial charge in [-0.3, -0.25) is 4.99 Å². The third kappa shape index (κ3) is 4.99. The molecule has 4 nitrogen and oxygen atoms in total. The molecule has 2 rings (SSSR count). The predicted octanol–water partition coefficient (Wildman–Crippen LogP) is 1.75. The number of hydrogen-bond acceptors (Lipinski definition) is 2. The molecule has 1 aliphatic heterocycles. The summed E-state index contributed by atoms with van der Waals surface area (Å²) >= 11 is 0. The van der Waals surface area contributed by atoms with Gasteiger partial charge in [0.15, 0.2) is 5.96 Å². The molecule has 1 aliphatic carbocycles. The average Bonchev–Trinajstić information content (AvgIpc) is 2.97. The molecular weight excluding hydrogens is 329 g/mol. The van der Waals surface area contributed by atoms with Crippen LogP contribution in [0.2, 0.25) is 0 Å². The fourth-order valence-electron chi connectivity index (χ4n) is 1.84. The van der Waals surface area contributed by atoms with Gasteiger partial charge < -0.3 is 15.4 Å². The SMILES string of the molecule is CCNC(=NCC1(C)CCOC1)NC1CC1.I. The van der Waals surface area contributed by atoms with Crippen LogP contribution in [0, 0.1) is 5.41 Å². The minimum atomic E-state index is 0. The first-order valence-electron chi connectivity index (χ1n) is 6.34. The Morgan fingerprint density at radius 2 is 2.24 bits per heavy atom. The summed E-state index contributed by atoms with van der Waals surface area (Å²) in [5.74, 6) is 0.970. The van der Waals surface area contributed by atoms with Crippen LogP contribution in [0.5, 0.6) is 0 Å². The maximum atomic E-state index is 5.44. The van der Waals surface area contributed by atoms with Crippen LogP contribution in [0.15, 0.2) is 4.99 Å². The van der Waals surface area contributed by atoms with E-state index in [0.29, 0.717) is 6.04 Å². The molecule has 0 spiro atoms. The molecule has 100 valence electrons. The molecule has 0 aromatic heterocycles. The summed E-state index contributed by atoms with van der Waals surface area (Å²) in [6.45, 7) is 7.87. The van der Waals surface area contributed by atoms with Gasteiger partial charge in [-0.1, -0.05) is 6.92 Å². The van der Waals surface area contributed by atoms with Crippen molar-refractivity contribution < 1.29 is 4.74 Å². The van der Waals surface area contributed by atoms with Crippen LogP contribution < -0.4 is 10.6 Å². The van der Waals surface area contributed by atoms with Crippen molar-refractivity contribution >= 4 is 29.9 Å². The van der Waals surface area contributed by atoms with Gasteiger partial charge in [0, 0.05) is 24.6 Å². The molecular formula is C12H24IN3O. The van der Waals surface area contributed by atoms with Gasteiger partial charge in [-0.25, -0.2) is 0 Å². The van der Waals surface area contributed by atoms with Crippen LogP contribution in [-0.2, 0) is 4.74 Å². The topological polar surface area (TPSA) is 45.7 Å². The molecule has 1 saturated heterocycles. The molecule has 1 heterocycles. The van der Waals surface area contributed by atoms with E-state index in [1.807, 2.05) is 0 Å². The summed E-state index contributed by atoms with van der Waals surface area (Å²) in [5, 5.41) is 6.72. The van der Waals surface area contributed by atoms with Gasteiger partial charge in [0.05, 0.1) is 13.2 Å². The van der Waals surface area contributed by atoms with Crippen LogP contribution in [0.4, 0.5) is 0 Å². The van der Waals surface area contributed by atoms with Crippen molar-refractivity contribution in [2.75, 3.05) is 26.3 Å². The van der Waals surface area contributed by atoms with Crippen LogP contribution >= 0.6 is 24.0 Å². The van der Waals surface area contributed by atoms with Gasteiger partial charge in [0.1, 0.15) is 0 Å². The van der Waals surface area contributed by atoms with Crippen molar-refractivity contribution in [1.29, 1.82) is 0 Å².